The maximum Gasteiger partial charge on any atom is 0.328 e. The van der Waals surface area contributed by atoms with Crippen LogP contribution in [0.4, 0.5) is 5.82 Å². The van der Waals surface area contributed by atoms with Crippen LogP contribution in [0.1, 0.15) is 26.0 Å². The summed E-state index contributed by atoms with van der Waals surface area (Å²) in [5, 5.41) is 11.8. The minimum absolute atomic E-state index is 0.313. The van der Waals surface area contributed by atoms with Gasteiger partial charge >= 0.3 is 5.97 Å². The summed E-state index contributed by atoms with van der Waals surface area (Å²) in [5.74, 6) is 0.527. The Labute approximate surface area is 107 Å². The number of nitrogens with one attached hydrogen (secondary N) is 1. The van der Waals surface area contributed by atoms with Gasteiger partial charge in [-0.2, -0.15) is 5.26 Å². The third-order valence-electron chi connectivity index (χ3n) is 2.38. The van der Waals surface area contributed by atoms with E-state index in [1.54, 1.807) is 18.2 Å². The lowest BCUT2D eigenvalue weighted by Gasteiger charge is -2.18. The number of nitrogens with zero attached hydrogens (tertiary/aromatic N) is 2. The molecule has 0 saturated heterocycles. The van der Waals surface area contributed by atoms with E-state index in [-0.39, 0.29) is 5.97 Å². The molecule has 1 aromatic rings. The van der Waals surface area contributed by atoms with Crippen LogP contribution in [0.3, 0.4) is 0 Å². The van der Waals surface area contributed by atoms with Crippen LogP contribution >= 0.6 is 0 Å². The first kappa shape index (κ1) is 14.0. The van der Waals surface area contributed by atoms with Crippen LogP contribution in [-0.2, 0) is 9.53 Å². The summed E-state index contributed by atoms with van der Waals surface area (Å²) >= 11 is 0. The third kappa shape index (κ3) is 4.06. The van der Waals surface area contributed by atoms with Gasteiger partial charge in [-0.3, -0.25) is 0 Å². The van der Waals surface area contributed by atoms with Crippen molar-refractivity contribution in [2.75, 3.05) is 12.4 Å². The molecular weight excluding hydrogens is 230 g/mol. The number of carbonyl (C=O) groups excluding carboxylic acids is 1. The fraction of sp³-hybridized carbons (Fsp3) is 0.462. The van der Waals surface area contributed by atoms with Crippen LogP contribution in [0.15, 0.2) is 18.2 Å². The zero-order chi connectivity index (χ0) is 13.5. The molecule has 1 aromatic heterocycles. The summed E-state index contributed by atoms with van der Waals surface area (Å²) in [6.07, 6.45) is 0.644. The Kier molecular flexibility index (Phi) is 5.12. The average Bonchev–Trinajstić information content (AvgIpc) is 2.36. The molecular formula is C13H17N3O2. The van der Waals surface area contributed by atoms with Crippen molar-refractivity contribution in [3.63, 3.8) is 0 Å². The maximum absolute atomic E-state index is 11.6. The molecule has 1 rings (SSSR count). The van der Waals surface area contributed by atoms with E-state index in [9.17, 15) is 4.79 Å². The molecule has 0 fully saturated rings. The molecule has 0 aliphatic carbocycles. The van der Waals surface area contributed by atoms with Gasteiger partial charge < -0.3 is 10.1 Å². The first-order valence-electron chi connectivity index (χ1n) is 5.78. The number of pyridine rings is 1. The van der Waals surface area contributed by atoms with E-state index in [2.05, 4.69) is 10.3 Å². The van der Waals surface area contributed by atoms with Gasteiger partial charge in [-0.25, -0.2) is 9.78 Å². The Bertz CT molecular complexity index is 452. The fourth-order valence-corrected chi connectivity index (χ4v) is 1.58. The minimum atomic E-state index is -0.448. The van der Waals surface area contributed by atoms with Gasteiger partial charge in [-0.05, 0) is 24.5 Å². The largest absolute Gasteiger partial charge is 0.467 e. The molecule has 1 unspecified atom stereocenters. The monoisotopic (exact) mass is 247 g/mol. The first-order valence-corrected chi connectivity index (χ1v) is 5.78. The van der Waals surface area contributed by atoms with Gasteiger partial charge in [0.1, 0.15) is 23.6 Å². The predicted molar refractivity (Wildman–Crippen MR) is 67.8 cm³/mol. The number of methoxy groups -OCH3 is 1. The molecule has 5 heteroatoms. The van der Waals surface area contributed by atoms with Crippen molar-refractivity contribution in [1.82, 2.24) is 4.98 Å². The number of nitriles is 1. The Morgan fingerprint density at radius 2 is 2.28 bits per heavy atom. The highest BCUT2D eigenvalue weighted by Crippen LogP contribution is 2.12. The van der Waals surface area contributed by atoms with Crippen LogP contribution in [-0.4, -0.2) is 24.1 Å². The lowest BCUT2D eigenvalue weighted by Crippen LogP contribution is -2.32. The summed E-state index contributed by atoms with van der Waals surface area (Å²) < 4.78 is 4.75. The average molecular weight is 247 g/mol. The normalized spacial score (nSPS) is 11.7. The molecule has 0 amide bonds. The first-order chi connectivity index (χ1) is 8.56. The highest BCUT2D eigenvalue weighted by Gasteiger charge is 2.20. The van der Waals surface area contributed by atoms with Gasteiger partial charge in [-0.15, -0.1) is 0 Å². The molecule has 1 heterocycles. The van der Waals surface area contributed by atoms with Crippen LogP contribution in [0.25, 0.3) is 0 Å². The van der Waals surface area contributed by atoms with Crippen molar-refractivity contribution in [2.45, 2.75) is 26.3 Å². The molecule has 0 spiro atoms. The van der Waals surface area contributed by atoms with Gasteiger partial charge in [0.25, 0.3) is 0 Å². The number of carbonyl (C=O) groups is 1. The van der Waals surface area contributed by atoms with Crippen LogP contribution in [0.5, 0.6) is 0 Å². The van der Waals surface area contributed by atoms with E-state index in [0.29, 0.717) is 23.9 Å². The van der Waals surface area contributed by atoms with Crippen molar-refractivity contribution in [2.24, 2.45) is 5.92 Å². The van der Waals surface area contributed by atoms with E-state index in [0.717, 1.165) is 0 Å². The number of aromatic nitrogens is 1. The topological polar surface area (TPSA) is 75.0 Å². The molecule has 1 N–H and O–H groups in total. The van der Waals surface area contributed by atoms with Crippen molar-refractivity contribution >= 4 is 11.8 Å². The number of esters is 1. The molecule has 0 aromatic carbocycles. The SMILES string of the molecule is COC(=O)C(CC(C)C)Nc1cccc(C#N)n1. The highest BCUT2D eigenvalue weighted by atomic mass is 16.5. The molecule has 1 atom stereocenters. The van der Waals surface area contributed by atoms with E-state index < -0.39 is 6.04 Å². The van der Waals surface area contributed by atoms with Crippen LogP contribution in [0, 0.1) is 17.2 Å². The highest BCUT2D eigenvalue weighted by molar-refractivity contribution is 5.78. The number of ether oxygens (including phenoxy) is 1. The number of rotatable bonds is 5. The van der Waals surface area contributed by atoms with E-state index in [1.807, 2.05) is 19.9 Å². The van der Waals surface area contributed by atoms with Gasteiger partial charge in [0.15, 0.2) is 0 Å². The maximum atomic E-state index is 11.6. The van der Waals surface area contributed by atoms with Gasteiger partial charge in [-0.1, -0.05) is 19.9 Å². The Balaban J connectivity index is 2.82. The molecule has 0 aliphatic heterocycles. The standard InChI is InChI=1S/C13H17N3O2/c1-9(2)7-11(13(17)18-3)16-12-6-4-5-10(8-14)15-12/h4-6,9,11H,7H2,1-3H3,(H,15,16). The quantitative estimate of drug-likeness (QED) is 0.805. The van der Waals surface area contributed by atoms with Gasteiger partial charge in [0.2, 0.25) is 0 Å². The molecule has 0 saturated carbocycles. The van der Waals surface area contributed by atoms with Crippen molar-refractivity contribution < 1.29 is 9.53 Å². The zero-order valence-electron chi connectivity index (χ0n) is 10.8. The molecule has 5 nitrogen and oxygen atoms in total. The smallest absolute Gasteiger partial charge is 0.328 e. The van der Waals surface area contributed by atoms with Crippen molar-refractivity contribution in [3.8, 4) is 6.07 Å². The van der Waals surface area contributed by atoms with E-state index in [1.165, 1.54) is 7.11 Å². The molecule has 96 valence electrons. The Morgan fingerprint density at radius 3 is 2.83 bits per heavy atom. The molecule has 0 bridgehead atoms. The minimum Gasteiger partial charge on any atom is -0.467 e. The fourth-order valence-electron chi connectivity index (χ4n) is 1.58. The Hall–Kier alpha value is -2.09. The molecule has 0 aliphatic rings. The number of hydrogen-bond donors (Lipinski definition) is 1. The molecule has 0 radical (unpaired) electrons. The summed E-state index contributed by atoms with van der Waals surface area (Å²) in [6.45, 7) is 4.05. The summed E-state index contributed by atoms with van der Waals surface area (Å²) in [7, 11) is 1.36. The second-order valence-corrected chi connectivity index (χ2v) is 4.37. The van der Waals surface area contributed by atoms with Gasteiger partial charge in [0.05, 0.1) is 7.11 Å². The summed E-state index contributed by atoms with van der Waals surface area (Å²) in [6, 6.07) is 6.56. The second kappa shape index (κ2) is 6.60. The lowest BCUT2D eigenvalue weighted by atomic mass is 10.0. The zero-order valence-corrected chi connectivity index (χ0v) is 10.8. The van der Waals surface area contributed by atoms with E-state index in [4.69, 9.17) is 10.00 Å². The van der Waals surface area contributed by atoms with Crippen LogP contribution < -0.4 is 5.32 Å². The van der Waals surface area contributed by atoms with Crippen LogP contribution in [0.2, 0.25) is 0 Å². The summed E-state index contributed by atoms with van der Waals surface area (Å²) in [5.41, 5.74) is 0.313. The second-order valence-electron chi connectivity index (χ2n) is 4.37. The summed E-state index contributed by atoms with van der Waals surface area (Å²) in [4.78, 5) is 15.7. The van der Waals surface area contributed by atoms with E-state index >= 15 is 0 Å². The Morgan fingerprint density at radius 1 is 1.56 bits per heavy atom. The lowest BCUT2D eigenvalue weighted by molar-refractivity contribution is -0.141. The van der Waals surface area contributed by atoms with Gasteiger partial charge in [0, 0.05) is 0 Å². The number of anilines is 1. The predicted octanol–water partition coefficient (Wildman–Crippen LogP) is 1.95. The van der Waals surface area contributed by atoms with Crippen molar-refractivity contribution in [1.29, 1.82) is 5.26 Å². The van der Waals surface area contributed by atoms with Crippen molar-refractivity contribution in [3.05, 3.63) is 23.9 Å². The number of hydrogen-bond acceptors (Lipinski definition) is 5. The third-order valence-corrected chi connectivity index (χ3v) is 2.38. The molecule has 18 heavy (non-hydrogen) atoms.